The van der Waals surface area contributed by atoms with Gasteiger partial charge in [-0.15, -0.1) is 0 Å². The van der Waals surface area contributed by atoms with Gasteiger partial charge in [0, 0.05) is 81.2 Å². The number of rotatable bonds is 8. The summed E-state index contributed by atoms with van der Waals surface area (Å²) in [4.78, 5) is 34.5. The summed E-state index contributed by atoms with van der Waals surface area (Å²) in [6.07, 6.45) is 2.58. The Morgan fingerprint density at radius 3 is 2.27 bits per heavy atom. The Hall–Kier alpha value is -2.87. The number of halogens is 3. The predicted octanol–water partition coefficient (Wildman–Crippen LogP) is 3.69. The number of amides is 2. The minimum atomic E-state index is -3.79. The van der Waals surface area contributed by atoms with Crippen LogP contribution >= 0.6 is 11.6 Å². The molecule has 4 fully saturated rings. The van der Waals surface area contributed by atoms with E-state index in [-0.39, 0.29) is 78.2 Å². The largest absolute Gasteiger partial charge is 0.354 e. The van der Waals surface area contributed by atoms with Gasteiger partial charge in [0.05, 0.1) is 4.90 Å². The quantitative estimate of drug-likeness (QED) is 0.428. The maximum atomic E-state index is 15.9. The number of nitrogens with two attached hydrogens (primary N) is 1. The third kappa shape index (κ3) is 6.41. The van der Waals surface area contributed by atoms with Gasteiger partial charge in [0.15, 0.2) is 0 Å². The van der Waals surface area contributed by atoms with E-state index in [2.05, 4.69) is 4.98 Å². The molecular weight excluding hydrogens is 626 g/mol. The van der Waals surface area contributed by atoms with Crippen LogP contribution in [0.3, 0.4) is 0 Å². The van der Waals surface area contributed by atoms with Crippen LogP contribution in [0.2, 0.25) is 5.15 Å². The van der Waals surface area contributed by atoms with Gasteiger partial charge < -0.3 is 20.4 Å². The number of hydrogen-bond acceptors (Lipinski definition) is 7. The number of carbonyl (C=O) groups is 2. The number of alkyl halides is 2. The molecule has 10 nitrogen and oxygen atoms in total. The maximum absolute atomic E-state index is 15.9. The molecule has 2 N–H and O–H groups in total. The highest BCUT2D eigenvalue weighted by atomic mass is 35.5. The van der Waals surface area contributed by atoms with Gasteiger partial charge in [0.2, 0.25) is 21.8 Å². The van der Waals surface area contributed by atoms with E-state index in [1.807, 2.05) is 0 Å². The normalized spacial score (nSPS) is 23.8. The molecule has 45 heavy (non-hydrogen) atoms. The first-order chi connectivity index (χ1) is 21.5. The van der Waals surface area contributed by atoms with Crippen molar-refractivity contribution in [2.24, 2.45) is 23.5 Å². The first-order valence-electron chi connectivity index (χ1n) is 15.7. The minimum absolute atomic E-state index is 0.0281. The average Bonchev–Trinajstić information content (AvgIpc) is 3.46. The molecule has 4 aliphatic rings. The van der Waals surface area contributed by atoms with Gasteiger partial charge in [-0.1, -0.05) is 11.6 Å². The SMILES string of the molecule is NCC1CN(C(=O)C2CCC(C(F)(F)c3cc(Cl)nc(N4CCN(S(=O)(=O)c5ccc(N6CCCC6=O)cc5)CC4)c3)CC2)C1. The summed E-state index contributed by atoms with van der Waals surface area (Å²) >= 11 is 6.25. The van der Waals surface area contributed by atoms with Crippen molar-refractivity contribution in [3.8, 4) is 0 Å². The molecule has 6 rings (SSSR count). The van der Waals surface area contributed by atoms with Crippen LogP contribution in [0.1, 0.15) is 44.1 Å². The molecule has 2 aromatic rings. The van der Waals surface area contributed by atoms with E-state index < -0.39 is 21.9 Å². The van der Waals surface area contributed by atoms with Gasteiger partial charge in [-0.2, -0.15) is 4.31 Å². The summed E-state index contributed by atoms with van der Waals surface area (Å²) in [7, 11) is -3.79. The third-order valence-electron chi connectivity index (χ3n) is 9.78. The summed E-state index contributed by atoms with van der Waals surface area (Å²) in [5.74, 6) is -3.62. The molecule has 1 aromatic heterocycles. The highest BCUT2D eigenvalue weighted by molar-refractivity contribution is 7.89. The van der Waals surface area contributed by atoms with E-state index in [1.165, 1.54) is 28.6 Å². The lowest BCUT2D eigenvalue weighted by molar-refractivity contribution is -0.145. The van der Waals surface area contributed by atoms with Gasteiger partial charge in [0.25, 0.3) is 5.92 Å². The van der Waals surface area contributed by atoms with Crippen LogP contribution in [0, 0.1) is 17.8 Å². The monoisotopic (exact) mass is 664 g/mol. The molecule has 0 radical (unpaired) electrons. The molecule has 1 aromatic carbocycles. The number of hydrogen-bond donors (Lipinski definition) is 1. The molecule has 4 heterocycles. The van der Waals surface area contributed by atoms with Crippen molar-refractivity contribution in [2.45, 2.75) is 49.3 Å². The lowest BCUT2D eigenvalue weighted by Gasteiger charge is -2.42. The number of benzene rings is 1. The van der Waals surface area contributed by atoms with Gasteiger partial charge in [-0.25, -0.2) is 22.2 Å². The van der Waals surface area contributed by atoms with E-state index in [4.69, 9.17) is 17.3 Å². The lowest BCUT2D eigenvalue weighted by atomic mass is 9.76. The third-order valence-corrected chi connectivity index (χ3v) is 11.9. The second kappa shape index (κ2) is 12.7. The van der Waals surface area contributed by atoms with Crippen molar-refractivity contribution in [3.05, 3.63) is 47.1 Å². The lowest BCUT2D eigenvalue weighted by Crippen LogP contribution is -2.54. The second-order valence-corrected chi connectivity index (χ2v) is 14.9. The fourth-order valence-electron chi connectivity index (χ4n) is 6.96. The van der Waals surface area contributed by atoms with Gasteiger partial charge in [-0.05, 0) is 75.0 Å². The summed E-state index contributed by atoms with van der Waals surface area (Å²) in [6.45, 7) is 3.28. The van der Waals surface area contributed by atoms with E-state index in [1.54, 1.807) is 26.8 Å². The van der Waals surface area contributed by atoms with E-state index in [0.29, 0.717) is 57.0 Å². The average molecular weight is 665 g/mol. The Labute approximate surface area is 267 Å². The summed E-state index contributed by atoms with van der Waals surface area (Å²) in [5.41, 5.74) is 6.12. The number of aromatic nitrogens is 1. The Balaban J connectivity index is 1.07. The molecule has 1 aliphatic carbocycles. The van der Waals surface area contributed by atoms with Crippen molar-refractivity contribution in [1.29, 1.82) is 0 Å². The van der Waals surface area contributed by atoms with E-state index in [0.717, 1.165) is 6.42 Å². The number of sulfonamides is 1. The number of pyridine rings is 1. The van der Waals surface area contributed by atoms with E-state index >= 15 is 8.78 Å². The van der Waals surface area contributed by atoms with Crippen molar-refractivity contribution < 1.29 is 26.8 Å². The van der Waals surface area contributed by atoms with Gasteiger partial charge in [0.1, 0.15) is 11.0 Å². The molecule has 2 amide bonds. The Morgan fingerprint density at radius 1 is 1.00 bits per heavy atom. The number of anilines is 2. The first-order valence-corrected chi connectivity index (χ1v) is 17.5. The van der Waals surface area contributed by atoms with Crippen LogP contribution in [0.5, 0.6) is 0 Å². The summed E-state index contributed by atoms with van der Waals surface area (Å²) in [6, 6.07) is 8.90. The molecule has 0 atom stereocenters. The molecule has 3 saturated heterocycles. The number of carbonyl (C=O) groups excluding carboxylic acids is 2. The highest BCUT2D eigenvalue weighted by Crippen LogP contribution is 2.46. The van der Waals surface area contributed by atoms with Crippen molar-refractivity contribution in [3.63, 3.8) is 0 Å². The van der Waals surface area contributed by atoms with Gasteiger partial charge in [-0.3, -0.25) is 9.59 Å². The fourth-order valence-corrected chi connectivity index (χ4v) is 8.59. The standard InChI is InChI=1S/C31H39ClF2N6O4S/c32-27-16-24(31(33,34)23-5-3-22(4-6-23)30(42)38-19-21(18-35)20-38)17-28(36-27)37-12-14-39(15-13-37)45(43,44)26-9-7-25(8-10-26)40-11-1-2-29(40)41/h7-10,16-17,21-23H,1-6,11-15,18-20,35H2. The molecular formula is C31H39ClF2N6O4S. The smallest absolute Gasteiger partial charge is 0.276 e. The second-order valence-electron chi connectivity index (χ2n) is 12.6. The van der Waals surface area contributed by atoms with Crippen molar-refractivity contribution in [2.75, 3.05) is 62.2 Å². The Kier molecular flexibility index (Phi) is 9.08. The zero-order chi connectivity index (χ0) is 31.9. The molecule has 3 aliphatic heterocycles. The molecule has 14 heteroatoms. The van der Waals surface area contributed by atoms with Crippen LogP contribution in [0.4, 0.5) is 20.3 Å². The number of piperazine rings is 1. The summed E-state index contributed by atoms with van der Waals surface area (Å²) in [5, 5.41) is -0.0510. The van der Waals surface area contributed by atoms with Crippen molar-refractivity contribution in [1.82, 2.24) is 14.2 Å². The zero-order valence-electron chi connectivity index (χ0n) is 25.1. The predicted molar refractivity (Wildman–Crippen MR) is 167 cm³/mol. The minimum Gasteiger partial charge on any atom is -0.354 e. The van der Waals surface area contributed by atoms with Crippen LogP contribution < -0.4 is 15.5 Å². The summed E-state index contributed by atoms with van der Waals surface area (Å²) < 4.78 is 59.8. The number of likely N-dealkylation sites (tertiary alicyclic amines) is 1. The Bertz CT molecular complexity index is 1520. The van der Waals surface area contributed by atoms with Crippen molar-refractivity contribution >= 4 is 44.9 Å². The maximum Gasteiger partial charge on any atom is 0.276 e. The van der Waals surface area contributed by atoms with Crippen LogP contribution in [-0.2, 0) is 25.5 Å². The first kappa shape index (κ1) is 32.1. The van der Waals surface area contributed by atoms with E-state index in [9.17, 15) is 18.0 Å². The van der Waals surface area contributed by atoms with Crippen LogP contribution in [0.25, 0.3) is 0 Å². The number of nitrogens with zero attached hydrogens (tertiary/aromatic N) is 5. The van der Waals surface area contributed by atoms with Crippen LogP contribution in [0.15, 0.2) is 41.3 Å². The molecule has 0 bridgehead atoms. The van der Waals surface area contributed by atoms with Crippen LogP contribution in [-0.4, -0.2) is 86.8 Å². The molecule has 0 spiro atoms. The zero-order valence-corrected chi connectivity index (χ0v) is 26.7. The topological polar surface area (TPSA) is 120 Å². The molecule has 244 valence electrons. The fraction of sp³-hybridized carbons (Fsp3) is 0.581. The Morgan fingerprint density at radius 2 is 1.67 bits per heavy atom. The van der Waals surface area contributed by atoms with Gasteiger partial charge >= 0.3 is 0 Å². The molecule has 1 saturated carbocycles. The highest BCUT2D eigenvalue weighted by Gasteiger charge is 2.45. The molecule has 0 unspecified atom stereocenters.